The van der Waals surface area contributed by atoms with Crippen molar-refractivity contribution in [2.75, 3.05) is 45.2 Å². The van der Waals surface area contributed by atoms with Gasteiger partial charge in [0.15, 0.2) is 0 Å². The number of carbonyl (C=O) groups is 1. The Balaban J connectivity index is 1.97. The second kappa shape index (κ2) is 6.23. The molecule has 0 spiro atoms. The number of rotatable bonds is 3. The maximum Gasteiger partial charge on any atom is 0.340 e. The van der Waals surface area contributed by atoms with E-state index in [0.29, 0.717) is 5.56 Å². The third-order valence-corrected chi connectivity index (χ3v) is 4.13. The van der Waals surface area contributed by atoms with Crippen molar-refractivity contribution in [2.24, 2.45) is 0 Å². The molecule has 0 bridgehead atoms. The highest BCUT2D eigenvalue weighted by Crippen LogP contribution is 2.25. The summed E-state index contributed by atoms with van der Waals surface area (Å²) in [5.41, 5.74) is 2.54. The minimum Gasteiger partial charge on any atom is -0.465 e. The number of likely N-dealkylation sites (N-methyl/N-ethyl adjacent to an activating group) is 1. The van der Waals surface area contributed by atoms with Gasteiger partial charge in [0, 0.05) is 44.3 Å². The summed E-state index contributed by atoms with van der Waals surface area (Å²) in [4.78, 5) is 16.7. The Bertz CT molecular complexity index is 644. The van der Waals surface area contributed by atoms with Gasteiger partial charge in [0.05, 0.1) is 18.4 Å². The van der Waals surface area contributed by atoms with Gasteiger partial charge in [-0.25, -0.2) is 4.79 Å². The van der Waals surface area contributed by atoms with E-state index >= 15 is 0 Å². The van der Waals surface area contributed by atoms with Crippen LogP contribution in [-0.2, 0) is 4.74 Å². The van der Waals surface area contributed by atoms with Gasteiger partial charge in [-0.15, -0.1) is 0 Å². The minimum atomic E-state index is -0.289. The molecule has 0 amide bonds. The van der Waals surface area contributed by atoms with E-state index in [1.165, 1.54) is 7.11 Å². The van der Waals surface area contributed by atoms with Crippen LogP contribution >= 0.6 is 0 Å². The molecule has 1 saturated heterocycles. The molecule has 2 heterocycles. The van der Waals surface area contributed by atoms with Gasteiger partial charge in [-0.05, 0) is 37.4 Å². The second-order valence-corrected chi connectivity index (χ2v) is 5.57. The molecule has 3 rings (SSSR count). The van der Waals surface area contributed by atoms with Crippen molar-refractivity contribution in [3.05, 3.63) is 48.3 Å². The molecule has 2 aromatic rings. The maximum atomic E-state index is 12.2. The van der Waals surface area contributed by atoms with E-state index < -0.39 is 0 Å². The number of methoxy groups -OCH3 is 1. The molecular weight excluding hydrogens is 278 g/mol. The van der Waals surface area contributed by atoms with E-state index in [2.05, 4.69) is 16.8 Å². The first-order valence-electron chi connectivity index (χ1n) is 7.48. The van der Waals surface area contributed by atoms with Crippen LogP contribution in [-0.4, -0.2) is 55.8 Å². The average Bonchev–Trinajstić information content (AvgIpc) is 3.09. The van der Waals surface area contributed by atoms with Crippen molar-refractivity contribution in [3.8, 4) is 5.69 Å². The number of benzene rings is 1. The lowest BCUT2D eigenvalue weighted by Gasteiger charge is -2.35. The first-order chi connectivity index (χ1) is 10.7. The van der Waals surface area contributed by atoms with E-state index in [4.69, 9.17) is 4.74 Å². The molecule has 5 nitrogen and oxygen atoms in total. The Morgan fingerprint density at radius 2 is 1.77 bits per heavy atom. The average molecular weight is 299 g/mol. The SMILES string of the molecule is COC(=O)c1cc(-n2cccc2)ccc1N1CCN(C)CC1. The molecule has 0 atom stereocenters. The predicted octanol–water partition coefficient (Wildman–Crippen LogP) is 2.02. The fourth-order valence-electron chi connectivity index (χ4n) is 2.79. The van der Waals surface area contributed by atoms with Crippen LogP contribution in [0.25, 0.3) is 5.69 Å². The number of aromatic nitrogens is 1. The molecule has 0 aliphatic carbocycles. The molecule has 0 radical (unpaired) electrons. The molecule has 116 valence electrons. The van der Waals surface area contributed by atoms with Gasteiger partial charge >= 0.3 is 5.97 Å². The van der Waals surface area contributed by atoms with Crippen molar-refractivity contribution < 1.29 is 9.53 Å². The van der Waals surface area contributed by atoms with Crippen LogP contribution in [0.1, 0.15) is 10.4 Å². The summed E-state index contributed by atoms with van der Waals surface area (Å²) in [5.74, 6) is -0.289. The third kappa shape index (κ3) is 2.85. The van der Waals surface area contributed by atoms with E-state index in [1.54, 1.807) is 0 Å². The summed E-state index contributed by atoms with van der Waals surface area (Å²) in [7, 11) is 3.55. The molecule has 5 heteroatoms. The van der Waals surface area contributed by atoms with Crippen LogP contribution in [0, 0.1) is 0 Å². The number of hydrogen-bond donors (Lipinski definition) is 0. The van der Waals surface area contributed by atoms with Gasteiger partial charge in [-0.1, -0.05) is 0 Å². The van der Waals surface area contributed by atoms with E-state index in [0.717, 1.165) is 37.6 Å². The Morgan fingerprint density at radius 1 is 1.09 bits per heavy atom. The molecule has 0 unspecified atom stereocenters. The summed E-state index contributed by atoms with van der Waals surface area (Å²) >= 11 is 0. The maximum absolute atomic E-state index is 12.2. The smallest absolute Gasteiger partial charge is 0.340 e. The van der Waals surface area contributed by atoms with Crippen LogP contribution in [0.5, 0.6) is 0 Å². The molecule has 1 fully saturated rings. The Morgan fingerprint density at radius 3 is 2.41 bits per heavy atom. The zero-order valence-corrected chi connectivity index (χ0v) is 13.0. The van der Waals surface area contributed by atoms with Crippen molar-refractivity contribution >= 4 is 11.7 Å². The highest BCUT2D eigenvalue weighted by Gasteiger charge is 2.21. The lowest BCUT2D eigenvalue weighted by Crippen LogP contribution is -2.45. The highest BCUT2D eigenvalue weighted by atomic mass is 16.5. The summed E-state index contributed by atoms with van der Waals surface area (Å²) < 4.78 is 6.96. The molecular formula is C17H21N3O2. The molecule has 1 aromatic carbocycles. The molecule has 0 N–H and O–H groups in total. The van der Waals surface area contributed by atoms with E-state index in [1.807, 2.05) is 47.3 Å². The van der Waals surface area contributed by atoms with Gasteiger partial charge in [-0.3, -0.25) is 0 Å². The predicted molar refractivity (Wildman–Crippen MR) is 86.8 cm³/mol. The Labute approximate surface area is 130 Å². The summed E-state index contributed by atoms with van der Waals surface area (Å²) in [5, 5.41) is 0. The van der Waals surface area contributed by atoms with Gasteiger partial charge in [0.2, 0.25) is 0 Å². The third-order valence-electron chi connectivity index (χ3n) is 4.13. The molecule has 1 aliphatic heterocycles. The number of ether oxygens (including phenoxy) is 1. The fraction of sp³-hybridized carbons (Fsp3) is 0.353. The number of anilines is 1. The van der Waals surface area contributed by atoms with Crippen LogP contribution in [0.15, 0.2) is 42.7 Å². The standard InChI is InChI=1S/C17H21N3O2/c1-18-9-11-20(12-10-18)16-6-5-14(19-7-3-4-8-19)13-15(16)17(21)22-2/h3-8,13H,9-12H2,1-2H3. The van der Waals surface area contributed by atoms with Gasteiger partial charge in [-0.2, -0.15) is 0 Å². The lowest BCUT2D eigenvalue weighted by molar-refractivity contribution is 0.0601. The first-order valence-corrected chi connectivity index (χ1v) is 7.48. The monoisotopic (exact) mass is 299 g/mol. The second-order valence-electron chi connectivity index (χ2n) is 5.57. The largest absolute Gasteiger partial charge is 0.465 e. The fourth-order valence-corrected chi connectivity index (χ4v) is 2.79. The minimum absolute atomic E-state index is 0.289. The van der Waals surface area contributed by atoms with Crippen LogP contribution in [0.4, 0.5) is 5.69 Å². The quantitative estimate of drug-likeness (QED) is 0.813. The van der Waals surface area contributed by atoms with Crippen LogP contribution in [0.2, 0.25) is 0 Å². The van der Waals surface area contributed by atoms with Crippen LogP contribution in [0.3, 0.4) is 0 Å². The molecule has 0 saturated carbocycles. The van der Waals surface area contributed by atoms with Crippen molar-refractivity contribution in [1.82, 2.24) is 9.47 Å². The number of piperazine rings is 1. The molecule has 1 aromatic heterocycles. The zero-order chi connectivity index (χ0) is 15.5. The van der Waals surface area contributed by atoms with Crippen molar-refractivity contribution in [1.29, 1.82) is 0 Å². The summed E-state index contributed by atoms with van der Waals surface area (Å²) in [6, 6.07) is 9.89. The van der Waals surface area contributed by atoms with Crippen molar-refractivity contribution in [2.45, 2.75) is 0 Å². The highest BCUT2D eigenvalue weighted by molar-refractivity contribution is 5.96. The Kier molecular flexibility index (Phi) is 4.15. The number of carbonyl (C=O) groups excluding carboxylic acids is 1. The lowest BCUT2D eigenvalue weighted by atomic mass is 10.1. The summed E-state index contributed by atoms with van der Waals surface area (Å²) in [6.07, 6.45) is 3.93. The Hall–Kier alpha value is -2.27. The summed E-state index contributed by atoms with van der Waals surface area (Å²) in [6.45, 7) is 3.84. The van der Waals surface area contributed by atoms with E-state index in [9.17, 15) is 4.79 Å². The van der Waals surface area contributed by atoms with Crippen molar-refractivity contribution in [3.63, 3.8) is 0 Å². The normalized spacial score (nSPS) is 15.8. The van der Waals surface area contributed by atoms with Gasteiger partial charge in [0.1, 0.15) is 0 Å². The zero-order valence-electron chi connectivity index (χ0n) is 13.0. The first kappa shape index (κ1) is 14.7. The van der Waals surface area contributed by atoms with E-state index in [-0.39, 0.29) is 5.97 Å². The molecule has 1 aliphatic rings. The van der Waals surface area contributed by atoms with Gasteiger partial charge < -0.3 is 19.1 Å². The molecule has 22 heavy (non-hydrogen) atoms. The van der Waals surface area contributed by atoms with Gasteiger partial charge in [0.25, 0.3) is 0 Å². The van der Waals surface area contributed by atoms with Crippen LogP contribution < -0.4 is 4.90 Å². The number of esters is 1. The topological polar surface area (TPSA) is 37.7 Å². The number of hydrogen-bond acceptors (Lipinski definition) is 4. The number of nitrogens with zero attached hydrogens (tertiary/aromatic N) is 3.